The molecule has 0 aliphatic heterocycles. The maximum Gasteiger partial charge on any atom is 0.125 e. The first-order chi connectivity index (χ1) is 7.54. The van der Waals surface area contributed by atoms with Crippen molar-refractivity contribution in [3.63, 3.8) is 0 Å². The number of nitrogens with zero attached hydrogens (tertiary/aromatic N) is 1. The average Bonchev–Trinajstić information content (AvgIpc) is 2.25. The molecule has 5 heteroatoms. The Kier molecular flexibility index (Phi) is 4.76. The van der Waals surface area contributed by atoms with E-state index in [-0.39, 0.29) is 18.4 Å². The lowest BCUT2D eigenvalue weighted by Gasteiger charge is -2.10. The monoisotopic (exact) mass is 239 g/mol. The molecule has 4 N–H and O–H groups in total. The normalized spacial score (nSPS) is 12.4. The van der Waals surface area contributed by atoms with E-state index in [1.165, 1.54) is 11.8 Å². The van der Waals surface area contributed by atoms with Gasteiger partial charge in [0.15, 0.2) is 0 Å². The molecule has 0 bridgehead atoms. The van der Waals surface area contributed by atoms with Crippen molar-refractivity contribution < 1.29 is 5.11 Å². The van der Waals surface area contributed by atoms with Crippen LogP contribution >= 0.6 is 11.8 Å². The zero-order valence-electron chi connectivity index (χ0n) is 9.53. The van der Waals surface area contributed by atoms with Gasteiger partial charge in [0.1, 0.15) is 10.9 Å². The molecule has 1 aromatic rings. The molecule has 0 amide bonds. The van der Waals surface area contributed by atoms with Gasteiger partial charge in [0, 0.05) is 23.6 Å². The third-order valence-corrected chi connectivity index (χ3v) is 3.43. The number of nitrogen functional groups attached to an aromatic ring is 1. The Bertz CT molecular complexity index is 381. The summed E-state index contributed by atoms with van der Waals surface area (Å²) >= 11 is 1.53. The predicted molar refractivity (Wildman–Crippen MR) is 67.0 cm³/mol. The Morgan fingerprint density at radius 3 is 2.88 bits per heavy atom. The molecule has 0 saturated carbocycles. The fourth-order valence-corrected chi connectivity index (χ4v) is 2.21. The van der Waals surface area contributed by atoms with E-state index in [2.05, 4.69) is 4.98 Å². The number of pyridine rings is 1. The molecule has 0 saturated heterocycles. The van der Waals surface area contributed by atoms with Gasteiger partial charge in [-0.3, -0.25) is 5.41 Å². The maximum absolute atomic E-state index is 8.95. The molecule has 1 heterocycles. The number of thioether (sulfide) groups is 1. The number of rotatable bonds is 5. The highest BCUT2D eigenvalue weighted by Crippen LogP contribution is 2.22. The minimum atomic E-state index is 0.0339. The molecule has 0 aromatic carbocycles. The first-order valence-corrected chi connectivity index (χ1v) is 6.09. The summed E-state index contributed by atoms with van der Waals surface area (Å²) < 4.78 is 0. The van der Waals surface area contributed by atoms with Crippen LogP contribution in [-0.2, 0) is 0 Å². The lowest BCUT2D eigenvalue weighted by atomic mass is 10.2. The van der Waals surface area contributed by atoms with E-state index in [1.54, 1.807) is 0 Å². The van der Waals surface area contributed by atoms with Crippen molar-refractivity contribution in [1.29, 1.82) is 5.41 Å². The second-order valence-electron chi connectivity index (χ2n) is 3.82. The number of nitrogens with two attached hydrogens (primary N) is 1. The van der Waals surface area contributed by atoms with Crippen LogP contribution in [0.1, 0.15) is 18.2 Å². The van der Waals surface area contributed by atoms with Gasteiger partial charge in [-0.15, -0.1) is 11.8 Å². The van der Waals surface area contributed by atoms with Gasteiger partial charge >= 0.3 is 0 Å². The van der Waals surface area contributed by atoms with Crippen molar-refractivity contribution >= 4 is 17.6 Å². The number of hydrogen-bond acceptors (Lipinski definition) is 4. The largest absolute Gasteiger partial charge is 0.396 e. The van der Waals surface area contributed by atoms with E-state index in [0.717, 1.165) is 16.5 Å². The number of aliphatic hydroxyl groups excluding tert-OH is 1. The number of amidine groups is 1. The van der Waals surface area contributed by atoms with Gasteiger partial charge in [0.2, 0.25) is 0 Å². The van der Waals surface area contributed by atoms with Gasteiger partial charge in [-0.1, -0.05) is 6.92 Å². The number of hydrogen-bond donors (Lipinski definition) is 3. The van der Waals surface area contributed by atoms with Crippen LogP contribution in [0, 0.1) is 18.3 Å². The van der Waals surface area contributed by atoms with Gasteiger partial charge in [-0.25, -0.2) is 4.98 Å². The summed E-state index contributed by atoms with van der Waals surface area (Å²) in [7, 11) is 0. The van der Waals surface area contributed by atoms with Crippen LogP contribution in [0.4, 0.5) is 0 Å². The highest BCUT2D eigenvalue weighted by Gasteiger charge is 2.09. The minimum absolute atomic E-state index is 0.0339. The third kappa shape index (κ3) is 3.50. The molecule has 0 fully saturated rings. The van der Waals surface area contributed by atoms with Crippen LogP contribution in [-0.4, -0.2) is 28.3 Å². The lowest BCUT2D eigenvalue weighted by Crippen LogP contribution is -2.14. The molecule has 88 valence electrons. The number of aromatic nitrogens is 1. The van der Waals surface area contributed by atoms with Crippen LogP contribution in [0.25, 0.3) is 0 Å². The molecule has 0 spiro atoms. The summed E-state index contributed by atoms with van der Waals surface area (Å²) in [6.07, 6.45) is 0. The quantitative estimate of drug-likeness (QED) is 0.412. The van der Waals surface area contributed by atoms with Gasteiger partial charge in [-0.2, -0.15) is 0 Å². The molecule has 0 radical (unpaired) electrons. The van der Waals surface area contributed by atoms with Crippen molar-refractivity contribution in [2.45, 2.75) is 18.9 Å². The second kappa shape index (κ2) is 5.86. The zero-order chi connectivity index (χ0) is 12.1. The molecule has 1 atom stereocenters. The Hall–Kier alpha value is -1.07. The van der Waals surface area contributed by atoms with Gasteiger partial charge in [0.05, 0.1) is 0 Å². The zero-order valence-corrected chi connectivity index (χ0v) is 10.3. The fourth-order valence-electron chi connectivity index (χ4n) is 1.12. The van der Waals surface area contributed by atoms with Crippen LogP contribution < -0.4 is 5.73 Å². The predicted octanol–water partition coefficient (Wildman–Crippen LogP) is 1.39. The van der Waals surface area contributed by atoms with Gasteiger partial charge in [0.25, 0.3) is 0 Å². The molecule has 4 nitrogen and oxygen atoms in total. The van der Waals surface area contributed by atoms with Crippen LogP contribution in [0.15, 0.2) is 17.2 Å². The third-order valence-electron chi connectivity index (χ3n) is 2.11. The molecule has 0 aliphatic carbocycles. The highest BCUT2D eigenvalue weighted by molar-refractivity contribution is 7.99. The van der Waals surface area contributed by atoms with E-state index in [1.807, 2.05) is 26.0 Å². The van der Waals surface area contributed by atoms with Crippen molar-refractivity contribution in [3.05, 3.63) is 23.4 Å². The molecule has 16 heavy (non-hydrogen) atoms. The van der Waals surface area contributed by atoms with Gasteiger partial charge in [-0.05, 0) is 25.0 Å². The van der Waals surface area contributed by atoms with Crippen LogP contribution in [0.5, 0.6) is 0 Å². The Morgan fingerprint density at radius 1 is 1.62 bits per heavy atom. The van der Waals surface area contributed by atoms with E-state index in [9.17, 15) is 0 Å². The summed E-state index contributed by atoms with van der Waals surface area (Å²) in [4.78, 5) is 4.36. The Labute approximate surface area is 99.8 Å². The lowest BCUT2D eigenvalue weighted by molar-refractivity contribution is 0.250. The first kappa shape index (κ1) is 13.0. The second-order valence-corrected chi connectivity index (χ2v) is 4.83. The Morgan fingerprint density at radius 2 is 2.31 bits per heavy atom. The average molecular weight is 239 g/mol. The van der Waals surface area contributed by atoms with Crippen molar-refractivity contribution in [3.8, 4) is 0 Å². The minimum Gasteiger partial charge on any atom is -0.396 e. The molecule has 1 unspecified atom stereocenters. The van der Waals surface area contributed by atoms with Crippen molar-refractivity contribution in [1.82, 2.24) is 4.98 Å². The maximum atomic E-state index is 8.95. The fraction of sp³-hybridized carbons (Fsp3) is 0.455. The van der Waals surface area contributed by atoms with E-state index in [4.69, 9.17) is 16.2 Å². The van der Waals surface area contributed by atoms with E-state index >= 15 is 0 Å². The SMILES string of the molecule is Cc1ccc(C(=N)N)c(SCC(C)CO)n1. The first-order valence-electron chi connectivity index (χ1n) is 5.10. The standard InChI is InChI=1S/C11H17N3OS/c1-7(5-15)6-16-11-9(10(12)13)4-3-8(2)14-11/h3-4,7,15H,5-6H2,1-2H3,(H3,12,13). The molecular formula is C11H17N3OS. The summed E-state index contributed by atoms with van der Waals surface area (Å²) in [6.45, 7) is 4.04. The number of aryl methyl sites for hydroxylation is 1. The van der Waals surface area contributed by atoms with Crippen molar-refractivity contribution in [2.75, 3.05) is 12.4 Å². The van der Waals surface area contributed by atoms with E-state index in [0.29, 0.717) is 5.56 Å². The topological polar surface area (TPSA) is 83.0 Å². The van der Waals surface area contributed by atoms with E-state index < -0.39 is 0 Å². The van der Waals surface area contributed by atoms with Crippen LogP contribution in [0.3, 0.4) is 0 Å². The molecule has 1 rings (SSSR count). The molecular weight excluding hydrogens is 222 g/mol. The Balaban J connectivity index is 2.84. The summed E-state index contributed by atoms with van der Waals surface area (Å²) in [6, 6.07) is 3.66. The molecule has 0 aliphatic rings. The smallest absolute Gasteiger partial charge is 0.125 e. The van der Waals surface area contributed by atoms with Gasteiger partial charge < -0.3 is 10.8 Å². The van der Waals surface area contributed by atoms with Crippen molar-refractivity contribution in [2.24, 2.45) is 11.7 Å². The molecule has 1 aromatic heterocycles. The van der Waals surface area contributed by atoms with Crippen LogP contribution in [0.2, 0.25) is 0 Å². The summed E-state index contributed by atoms with van der Waals surface area (Å²) in [5.41, 5.74) is 7.06. The summed E-state index contributed by atoms with van der Waals surface area (Å²) in [5.74, 6) is 1.02. The number of aliphatic hydroxyl groups is 1. The highest BCUT2D eigenvalue weighted by atomic mass is 32.2. The summed E-state index contributed by atoms with van der Waals surface area (Å²) in [5, 5.41) is 17.2. The number of nitrogens with one attached hydrogen (secondary N) is 1.